The first kappa shape index (κ1) is 54.9. The second-order valence-corrected chi connectivity index (χ2v) is 22.7. The van der Waals surface area contributed by atoms with Gasteiger partial charge >= 0.3 is 0 Å². The van der Waals surface area contributed by atoms with E-state index in [2.05, 4.69) is 334 Å². The van der Waals surface area contributed by atoms with Crippen molar-refractivity contribution in [3.8, 4) is 101 Å². The van der Waals surface area contributed by atoms with E-state index in [9.17, 15) is 0 Å². The Bertz CT molecular complexity index is 5300. The molecular formula is C84H53N5OPt-2. The van der Waals surface area contributed by atoms with Crippen LogP contribution in [0.5, 0.6) is 11.5 Å². The average Bonchev–Trinajstić information content (AvgIpc) is 1.69. The normalized spacial score (nSPS) is 11.4. The van der Waals surface area contributed by atoms with Crippen LogP contribution in [0.4, 0.5) is 0 Å². The van der Waals surface area contributed by atoms with Gasteiger partial charge < -0.3 is 18.4 Å². The standard InChI is InChI=1S/C84H53N5O.Pt/c1-6-24-57(25-7-1)61-46-62(58-26-8-2-9-27-58)49-65(48-61)71-38-23-39-72(66-50-63(59-28-10-3-11-29-59)47-64(51-66)60-30-12-4-13-31-60)84(71)87-56-86(79-42-20-21-43-80(79)87)68-34-22-35-69(52-68)90-70-44-45-75-73-36-16-19-41-78(73)89(81(75)53-70)83-54-76-74-37-17-18-40-77(74)88(82(76)55-85-83)67-32-14-5-15-33-67;/h1-51,54-55H;/q-2;. The van der Waals surface area contributed by atoms with Gasteiger partial charge in [-0.1, -0.05) is 224 Å². The molecule has 0 spiro atoms. The Labute approximate surface area is 541 Å². The van der Waals surface area contributed by atoms with Gasteiger partial charge in [0.2, 0.25) is 0 Å². The Morgan fingerprint density at radius 1 is 0.330 bits per heavy atom. The SMILES string of the molecule is [Pt].[c-]1c(Oc2[c-]c3c(cc2)c2ccccc2n3-c2cc3c4ccccc4n(-c4ccccc4)c3cn2)cccc1-n1[c-][n+](-c2c(-c3cc(-c4ccccc4)cc(-c4ccccc4)c3)cccc2-c2cc(-c3ccccc3)cc(-c3ccccc3)c2)c2ccccc21. The van der Waals surface area contributed by atoms with Crippen LogP contribution in [0.25, 0.3) is 144 Å². The van der Waals surface area contributed by atoms with Gasteiger partial charge in [-0.15, -0.1) is 29.7 Å². The van der Waals surface area contributed by atoms with Crippen LogP contribution >= 0.6 is 0 Å². The van der Waals surface area contributed by atoms with E-state index in [0.717, 1.165) is 144 Å². The van der Waals surface area contributed by atoms with E-state index in [1.165, 1.54) is 0 Å². The van der Waals surface area contributed by atoms with Crippen molar-refractivity contribution < 1.29 is 30.4 Å². The Balaban J connectivity index is 0.00000661. The fraction of sp³-hybridized carbons (Fsp3) is 0. The number of nitrogens with zero attached hydrogens (tertiary/aromatic N) is 5. The molecule has 6 nitrogen and oxygen atoms in total. The minimum Gasteiger partial charge on any atom is -0.510 e. The van der Waals surface area contributed by atoms with E-state index in [1.54, 1.807) is 0 Å². The van der Waals surface area contributed by atoms with Gasteiger partial charge in [0.15, 0.2) is 0 Å². The Morgan fingerprint density at radius 2 is 0.791 bits per heavy atom. The number of imidazole rings is 1. The van der Waals surface area contributed by atoms with Crippen molar-refractivity contribution in [2.45, 2.75) is 0 Å². The molecular weight excluding hydrogens is 1290 g/mol. The van der Waals surface area contributed by atoms with Crippen LogP contribution in [0, 0.1) is 18.5 Å². The average molecular weight is 1340 g/mol. The van der Waals surface area contributed by atoms with Gasteiger partial charge in [0.25, 0.3) is 6.33 Å². The number of benzene rings is 13. The van der Waals surface area contributed by atoms with Crippen LogP contribution in [-0.2, 0) is 21.1 Å². The van der Waals surface area contributed by atoms with Gasteiger partial charge in [0.05, 0.1) is 34.0 Å². The first-order valence-corrected chi connectivity index (χ1v) is 30.3. The van der Waals surface area contributed by atoms with Gasteiger partial charge in [-0.25, -0.2) is 4.98 Å². The van der Waals surface area contributed by atoms with Gasteiger partial charge in [0, 0.05) is 54.5 Å². The summed E-state index contributed by atoms with van der Waals surface area (Å²) in [5, 5.41) is 4.42. The number of pyridine rings is 1. The summed E-state index contributed by atoms with van der Waals surface area (Å²) in [5.74, 6) is 1.88. The summed E-state index contributed by atoms with van der Waals surface area (Å²) in [4.78, 5) is 5.22. The molecule has 0 aliphatic carbocycles. The molecule has 13 aromatic carbocycles. The molecule has 0 unspecified atom stereocenters. The molecule has 432 valence electrons. The molecule has 0 bridgehead atoms. The Kier molecular flexibility index (Phi) is 14.0. The molecule has 0 aliphatic heterocycles. The van der Waals surface area contributed by atoms with Crippen LogP contribution in [-0.4, -0.2) is 18.7 Å². The second kappa shape index (κ2) is 23.3. The fourth-order valence-corrected chi connectivity index (χ4v) is 13.2. The molecule has 0 saturated carbocycles. The molecule has 0 fully saturated rings. The van der Waals surface area contributed by atoms with Crippen molar-refractivity contribution in [2.75, 3.05) is 0 Å². The molecule has 0 N–H and O–H groups in total. The number of hydrogen-bond acceptors (Lipinski definition) is 2. The first-order chi connectivity index (χ1) is 44.6. The molecule has 4 aromatic heterocycles. The van der Waals surface area contributed by atoms with Crippen LogP contribution in [0.3, 0.4) is 0 Å². The predicted molar refractivity (Wildman–Crippen MR) is 367 cm³/mol. The maximum Gasteiger partial charge on any atom is 0.268 e. The van der Waals surface area contributed by atoms with E-state index in [-0.39, 0.29) is 21.1 Å². The first-order valence-electron chi connectivity index (χ1n) is 30.3. The maximum atomic E-state index is 6.88. The molecule has 0 radical (unpaired) electrons. The Morgan fingerprint density at radius 3 is 1.36 bits per heavy atom. The summed E-state index contributed by atoms with van der Waals surface area (Å²) in [7, 11) is 0. The summed E-state index contributed by atoms with van der Waals surface area (Å²) < 4.78 is 15.7. The molecule has 17 aromatic rings. The molecule has 7 heteroatoms. The smallest absolute Gasteiger partial charge is 0.268 e. The molecule has 0 saturated heterocycles. The maximum absolute atomic E-state index is 6.88. The third-order valence-corrected chi connectivity index (χ3v) is 17.3. The van der Waals surface area contributed by atoms with Gasteiger partial charge in [-0.05, 0) is 145 Å². The molecule has 91 heavy (non-hydrogen) atoms. The summed E-state index contributed by atoms with van der Waals surface area (Å²) in [6, 6.07) is 119. The number of fused-ring (bicyclic) bond motifs is 7. The van der Waals surface area contributed by atoms with Crippen molar-refractivity contribution in [2.24, 2.45) is 0 Å². The van der Waals surface area contributed by atoms with Crippen molar-refractivity contribution >= 4 is 54.6 Å². The molecule has 4 heterocycles. The quantitative estimate of drug-likeness (QED) is 0.0903. The fourth-order valence-electron chi connectivity index (χ4n) is 13.2. The number of rotatable bonds is 12. The van der Waals surface area contributed by atoms with E-state index < -0.39 is 0 Å². The molecule has 0 atom stereocenters. The van der Waals surface area contributed by atoms with E-state index in [0.29, 0.717) is 11.5 Å². The minimum absolute atomic E-state index is 0. The number of ether oxygens (including phenoxy) is 1. The van der Waals surface area contributed by atoms with Gasteiger partial charge in [-0.3, -0.25) is 4.57 Å². The van der Waals surface area contributed by atoms with Crippen LogP contribution in [0.1, 0.15) is 0 Å². The monoisotopic (exact) mass is 1340 g/mol. The van der Waals surface area contributed by atoms with E-state index in [1.807, 2.05) is 24.4 Å². The molecule has 17 rings (SSSR count). The van der Waals surface area contributed by atoms with Crippen molar-refractivity contribution in [1.29, 1.82) is 0 Å². The van der Waals surface area contributed by atoms with Crippen LogP contribution in [0.15, 0.2) is 322 Å². The van der Waals surface area contributed by atoms with Gasteiger partial charge in [0.1, 0.15) is 5.82 Å². The van der Waals surface area contributed by atoms with E-state index in [4.69, 9.17) is 9.72 Å². The van der Waals surface area contributed by atoms with Crippen LogP contribution < -0.4 is 9.30 Å². The van der Waals surface area contributed by atoms with Crippen LogP contribution in [0.2, 0.25) is 0 Å². The van der Waals surface area contributed by atoms with Crippen molar-refractivity contribution in [3.63, 3.8) is 0 Å². The number of aromatic nitrogens is 5. The van der Waals surface area contributed by atoms with Crippen molar-refractivity contribution in [3.05, 3.63) is 340 Å². The van der Waals surface area contributed by atoms with E-state index >= 15 is 0 Å². The van der Waals surface area contributed by atoms with Gasteiger partial charge in [-0.2, -0.15) is 18.2 Å². The summed E-state index contributed by atoms with van der Waals surface area (Å²) in [5.41, 5.74) is 22.2. The summed E-state index contributed by atoms with van der Waals surface area (Å²) in [6.07, 6.45) is 5.95. The predicted octanol–water partition coefficient (Wildman–Crippen LogP) is 20.7. The number of para-hydroxylation sites is 6. The topological polar surface area (TPSA) is 40.8 Å². The molecule has 0 amide bonds. The third-order valence-electron chi connectivity index (χ3n) is 17.3. The Hall–Kier alpha value is -11.4. The largest absolute Gasteiger partial charge is 0.510 e. The zero-order chi connectivity index (χ0) is 59.5. The number of hydrogen-bond donors (Lipinski definition) is 0. The summed E-state index contributed by atoms with van der Waals surface area (Å²) in [6.45, 7) is 0. The minimum atomic E-state index is 0. The molecule has 0 aliphatic rings. The third kappa shape index (κ3) is 9.91. The second-order valence-electron chi connectivity index (χ2n) is 22.7. The zero-order valence-electron chi connectivity index (χ0n) is 49.1. The van der Waals surface area contributed by atoms with Crippen molar-refractivity contribution in [1.82, 2.24) is 18.7 Å². The summed E-state index contributed by atoms with van der Waals surface area (Å²) >= 11 is 0. The zero-order valence-corrected chi connectivity index (χ0v) is 51.3.